The average molecular weight is 459 g/mol. The largest absolute Gasteiger partial charge is 0.458 e. The molecule has 0 aromatic heterocycles. The van der Waals surface area contributed by atoms with E-state index in [4.69, 9.17) is 27.9 Å². The maximum atomic E-state index is 12.9. The van der Waals surface area contributed by atoms with E-state index in [1.165, 1.54) is 6.92 Å². The molecule has 0 aromatic rings. The normalized spacial score (nSPS) is 50.3. The highest BCUT2D eigenvalue weighted by molar-refractivity contribution is 6.34. The molecule has 0 saturated heterocycles. The third kappa shape index (κ3) is 2.87. The van der Waals surface area contributed by atoms with Crippen LogP contribution in [0.5, 0.6) is 0 Å². The maximum Gasteiger partial charge on any atom is 0.303 e. The highest BCUT2D eigenvalue weighted by Gasteiger charge is 2.70. The van der Waals surface area contributed by atoms with Crippen LogP contribution in [0.1, 0.15) is 72.1 Å². The molecule has 7 heteroatoms. The van der Waals surface area contributed by atoms with Gasteiger partial charge in [0.1, 0.15) is 11.4 Å². The molecular formula is C23H32Cl2O5. The fourth-order valence-corrected chi connectivity index (χ4v) is 8.74. The minimum absolute atomic E-state index is 0.152. The first-order valence-corrected chi connectivity index (χ1v) is 11.9. The Morgan fingerprint density at radius 1 is 1.13 bits per heavy atom. The number of ketones is 2. The Hall–Kier alpha value is -0.650. The van der Waals surface area contributed by atoms with Gasteiger partial charge in [0.2, 0.25) is 5.78 Å². The van der Waals surface area contributed by atoms with Crippen molar-refractivity contribution in [2.24, 2.45) is 28.6 Å². The van der Waals surface area contributed by atoms with Gasteiger partial charge in [-0.1, -0.05) is 13.8 Å². The first-order valence-electron chi connectivity index (χ1n) is 11.1. The van der Waals surface area contributed by atoms with E-state index in [0.29, 0.717) is 38.0 Å². The topological polar surface area (TPSA) is 80.7 Å². The number of rotatable bonds is 3. The molecule has 4 fully saturated rings. The number of halogens is 2. The van der Waals surface area contributed by atoms with Crippen LogP contribution >= 0.6 is 23.2 Å². The smallest absolute Gasteiger partial charge is 0.303 e. The predicted octanol–water partition coefficient (Wildman–Crippen LogP) is 4.04. The Balaban J connectivity index is 1.64. The number of ether oxygens (including phenoxy) is 1. The fraction of sp³-hybridized carbons (Fsp3) is 0.870. The number of esters is 1. The lowest BCUT2D eigenvalue weighted by Crippen LogP contribution is -2.65. The summed E-state index contributed by atoms with van der Waals surface area (Å²) in [4.78, 5) is 35.6. The Morgan fingerprint density at radius 2 is 1.77 bits per heavy atom. The molecule has 0 radical (unpaired) electrons. The van der Waals surface area contributed by atoms with Gasteiger partial charge in [0.25, 0.3) is 0 Å². The zero-order chi connectivity index (χ0) is 22.1. The molecule has 0 heterocycles. The summed E-state index contributed by atoms with van der Waals surface area (Å²) in [7, 11) is 0. The number of hydrogen-bond acceptors (Lipinski definition) is 5. The zero-order valence-corrected chi connectivity index (χ0v) is 19.5. The quantitative estimate of drug-likeness (QED) is 0.509. The van der Waals surface area contributed by atoms with Crippen molar-refractivity contribution in [1.29, 1.82) is 0 Å². The molecule has 2 unspecified atom stereocenters. The Kier molecular flexibility index (Phi) is 5.39. The van der Waals surface area contributed by atoms with Crippen LogP contribution in [0, 0.1) is 28.6 Å². The zero-order valence-electron chi connectivity index (χ0n) is 18.0. The number of carbonyl (C=O) groups is 3. The van der Waals surface area contributed by atoms with Gasteiger partial charge in [-0.05, 0) is 61.7 Å². The second kappa shape index (κ2) is 7.18. The SMILES string of the molecule is CC(=O)OCC(=O)[C@@]1(O)CC[C@H]2[C@@H]3CC(Cl)C4(Cl)CC(=O)CC[C@]4(C)[C@H]3CC[C@@]21C. The van der Waals surface area contributed by atoms with E-state index in [1.54, 1.807) is 0 Å². The van der Waals surface area contributed by atoms with Gasteiger partial charge in [-0.2, -0.15) is 0 Å². The molecule has 1 N–H and O–H groups in total. The van der Waals surface area contributed by atoms with Crippen LogP contribution in [0.4, 0.5) is 0 Å². The summed E-state index contributed by atoms with van der Waals surface area (Å²) in [6.45, 7) is 5.10. The summed E-state index contributed by atoms with van der Waals surface area (Å²) >= 11 is 14.0. The molecule has 30 heavy (non-hydrogen) atoms. The lowest BCUT2D eigenvalue weighted by atomic mass is 9.44. The van der Waals surface area contributed by atoms with Crippen molar-refractivity contribution in [2.75, 3.05) is 6.61 Å². The first kappa shape index (κ1) is 22.5. The molecule has 4 saturated carbocycles. The third-order valence-corrected chi connectivity index (χ3v) is 11.1. The monoisotopic (exact) mass is 458 g/mol. The van der Waals surface area contributed by atoms with E-state index in [0.717, 1.165) is 19.3 Å². The summed E-state index contributed by atoms with van der Waals surface area (Å²) < 4.78 is 4.92. The summed E-state index contributed by atoms with van der Waals surface area (Å²) in [6.07, 6.45) is 5.01. The van der Waals surface area contributed by atoms with E-state index in [2.05, 4.69) is 6.92 Å². The maximum absolute atomic E-state index is 12.9. The summed E-state index contributed by atoms with van der Waals surface area (Å²) in [6, 6.07) is 0. The van der Waals surface area contributed by atoms with Crippen LogP contribution in [-0.4, -0.2) is 45.1 Å². The van der Waals surface area contributed by atoms with Gasteiger partial charge >= 0.3 is 5.97 Å². The van der Waals surface area contributed by atoms with E-state index >= 15 is 0 Å². The van der Waals surface area contributed by atoms with Crippen molar-refractivity contribution in [3.05, 3.63) is 0 Å². The molecule has 4 aliphatic carbocycles. The van der Waals surface area contributed by atoms with Gasteiger partial charge in [-0.25, -0.2) is 0 Å². The van der Waals surface area contributed by atoms with E-state index < -0.39 is 27.6 Å². The van der Waals surface area contributed by atoms with E-state index in [1.807, 2.05) is 6.92 Å². The lowest BCUT2D eigenvalue weighted by molar-refractivity contribution is -0.173. The fourth-order valence-electron chi connectivity index (χ4n) is 7.74. The molecule has 4 aliphatic rings. The van der Waals surface area contributed by atoms with Crippen LogP contribution in [0.15, 0.2) is 0 Å². The van der Waals surface area contributed by atoms with Gasteiger partial charge < -0.3 is 9.84 Å². The molecule has 8 atom stereocenters. The second-order valence-electron chi connectivity index (χ2n) is 10.6. The molecule has 168 valence electrons. The van der Waals surface area contributed by atoms with Crippen molar-refractivity contribution in [2.45, 2.75) is 88.0 Å². The summed E-state index contributed by atoms with van der Waals surface area (Å²) in [5.74, 6) is -0.00153. The molecule has 0 spiro atoms. The highest BCUT2D eigenvalue weighted by atomic mass is 35.5. The van der Waals surface area contributed by atoms with Crippen molar-refractivity contribution in [1.82, 2.24) is 0 Å². The number of carbonyl (C=O) groups excluding carboxylic acids is 3. The number of fused-ring (bicyclic) bond motifs is 5. The Bertz CT molecular complexity index is 786. The van der Waals surface area contributed by atoms with Crippen molar-refractivity contribution in [3.8, 4) is 0 Å². The molecule has 0 aliphatic heterocycles. The van der Waals surface area contributed by atoms with Gasteiger partial charge in [0.15, 0.2) is 6.61 Å². The van der Waals surface area contributed by atoms with Gasteiger partial charge in [0, 0.05) is 25.2 Å². The molecule has 0 bridgehead atoms. The second-order valence-corrected chi connectivity index (χ2v) is 11.8. The van der Waals surface area contributed by atoms with Crippen LogP contribution in [-0.2, 0) is 19.1 Å². The van der Waals surface area contributed by atoms with E-state index in [9.17, 15) is 19.5 Å². The Morgan fingerprint density at radius 3 is 2.43 bits per heavy atom. The van der Waals surface area contributed by atoms with E-state index in [-0.39, 0.29) is 35.0 Å². The van der Waals surface area contributed by atoms with Crippen molar-refractivity contribution in [3.63, 3.8) is 0 Å². The third-order valence-electron chi connectivity index (χ3n) is 9.58. The molecule has 0 aromatic carbocycles. The summed E-state index contributed by atoms with van der Waals surface area (Å²) in [5, 5.41) is 11.2. The average Bonchev–Trinajstić information content (AvgIpc) is 2.95. The minimum Gasteiger partial charge on any atom is -0.458 e. The number of alkyl halides is 2. The van der Waals surface area contributed by atoms with Crippen molar-refractivity contribution < 1.29 is 24.2 Å². The minimum atomic E-state index is -1.49. The predicted molar refractivity (Wildman–Crippen MR) is 113 cm³/mol. The van der Waals surface area contributed by atoms with Gasteiger partial charge in [0.05, 0.1) is 10.3 Å². The first-order chi connectivity index (χ1) is 13.9. The van der Waals surface area contributed by atoms with Crippen LogP contribution < -0.4 is 0 Å². The summed E-state index contributed by atoms with van der Waals surface area (Å²) in [5.41, 5.74) is -2.30. The Labute approximate surface area is 188 Å². The van der Waals surface area contributed by atoms with Crippen LogP contribution in [0.2, 0.25) is 0 Å². The molecule has 5 nitrogen and oxygen atoms in total. The molecule has 4 rings (SSSR count). The molecular weight excluding hydrogens is 427 g/mol. The van der Waals surface area contributed by atoms with Crippen LogP contribution in [0.3, 0.4) is 0 Å². The van der Waals surface area contributed by atoms with Crippen molar-refractivity contribution >= 4 is 40.7 Å². The highest BCUT2D eigenvalue weighted by Crippen LogP contribution is 2.70. The standard InChI is InChI=1S/C23H32Cl2O5/c1-13(26)30-12-19(28)23(29)9-6-17-15-10-18(24)22(25)11-14(27)4-7-20(22,2)16(15)5-8-21(17,23)3/h15-18,29H,4-12H2,1-3H3/t15-,16+,17+,18?,20-,21+,22?,23+/m1/s1. The number of hydrogen-bond donors (Lipinski definition) is 1. The molecule has 0 amide bonds. The number of aliphatic hydroxyl groups is 1. The van der Waals surface area contributed by atoms with Crippen LogP contribution in [0.25, 0.3) is 0 Å². The van der Waals surface area contributed by atoms with Gasteiger partial charge in [-0.3, -0.25) is 14.4 Å². The van der Waals surface area contributed by atoms with Gasteiger partial charge in [-0.15, -0.1) is 23.2 Å². The lowest BCUT2D eigenvalue weighted by Gasteiger charge is -2.64. The number of Topliss-reactive ketones (excluding diaryl/α,β-unsaturated/α-hetero) is 2.